The second-order valence-corrected chi connectivity index (χ2v) is 4.49. The summed E-state index contributed by atoms with van der Waals surface area (Å²) in [6, 6.07) is 5.40. The molecule has 0 aliphatic heterocycles. The molecule has 0 atom stereocenters. The molecule has 15 heavy (non-hydrogen) atoms. The Morgan fingerprint density at radius 2 is 2.27 bits per heavy atom. The summed E-state index contributed by atoms with van der Waals surface area (Å²) in [7, 11) is 0. The van der Waals surface area contributed by atoms with Crippen LogP contribution in [0.1, 0.15) is 15.9 Å². The van der Waals surface area contributed by atoms with Crippen LogP contribution in [0, 0.1) is 6.92 Å². The fraction of sp³-hybridized carbons (Fsp3) is 0.200. The fourth-order valence-corrected chi connectivity index (χ4v) is 1.45. The van der Waals surface area contributed by atoms with Crippen molar-refractivity contribution in [3.8, 4) is 0 Å². The Kier molecular flexibility index (Phi) is 4.23. The van der Waals surface area contributed by atoms with Crippen LogP contribution in [0.25, 0.3) is 0 Å². The molecular formula is C10H11BrN2OS. The number of hydrogen-bond donors (Lipinski definition) is 2. The predicted octanol–water partition coefficient (Wildman–Crippen LogP) is 1.77. The molecule has 0 aliphatic rings. The van der Waals surface area contributed by atoms with E-state index in [4.69, 9.17) is 5.73 Å². The van der Waals surface area contributed by atoms with Crippen LogP contribution in [0.5, 0.6) is 0 Å². The van der Waals surface area contributed by atoms with Gasteiger partial charge in [0.05, 0.1) is 11.5 Å². The van der Waals surface area contributed by atoms with E-state index in [2.05, 4.69) is 33.5 Å². The predicted molar refractivity (Wildman–Crippen MR) is 68.0 cm³/mol. The summed E-state index contributed by atoms with van der Waals surface area (Å²) in [5.41, 5.74) is 6.95. The van der Waals surface area contributed by atoms with E-state index >= 15 is 0 Å². The second kappa shape index (κ2) is 5.23. The van der Waals surface area contributed by atoms with Crippen molar-refractivity contribution >= 4 is 39.0 Å². The lowest BCUT2D eigenvalue weighted by Crippen LogP contribution is -2.32. The molecule has 0 saturated carbocycles. The van der Waals surface area contributed by atoms with Crippen molar-refractivity contribution in [3.05, 3.63) is 33.8 Å². The van der Waals surface area contributed by atoms with Crippen molar-refractivity contribution in [2.45, 2.75) is 6.92 Å². The van der Waals surface area contributed by atoms with Gasteiger partial charge in [0.25, 0.3) is 5.91 Å². The number of hydrogen-bond acceptors (Lipinski definition) is 2. The molecule has 1 aromatic rings. The first kappa shape index (κ1) is 12.1. The van der Waals surface area contributed by atoms with Gasteiger partial charge in [0, 0.05) is 10.0 Å². The molecule has 0 fully saturated rings. The summed E-state index contributed by atoms with van der Waals surface area (Å²) in [5.74, 6) is -0.177. The monoisotopic (exact) mass is 286 g/mol. The van der Waals surface area contributed by atoms with Crippen molar-refractivity contribution in [1.29, 1.82) is 0 Å². The van der Waals surface area contributed by atoms with Gasteiger partial charge in [0.1, 0.15) is 0 Å². The standard InChI is InChI=1S/C10H11BrN2OS/c1-6-2-3-7(4-8(6)11)10(14)13-5-9(12)15/h2-4H,5H2,1H3,(H2,12,15)(H,13,14). The maximum atomic E-state index is 11.6. The molecule has 3 nitrogen and oxygen atoms in total. The van der Waals surface area contributed by atoms with Crippen LogP contribution in [0.4, 0.5) is 0 Å². The Bertz CT molecular complexity index is 406. The Hall–Kier alpha value is -0.940. The zero-order chi connectivity index (χ0) is 11.4. The molecule has 0 aliphatic carbocycles. The highest BCUT2D eigenvalue weighted by Crippen LogP contribution is 2.17. The number of thiocarbonyl (C=S) groups is 1. The number of carbonyl (C=O) groups excluding carboxylic acids is 1. The molecule has 1 amide bonds. The highest BCUT2D eigenvalue weighted by Gasteiger charge is 2.06. The highest BCUT2D eigenvalue weighted by atomic mass is 79.9. The Morgan fingerprint density at radius 3 is 2.80 bits per heavy atom. The van der Waals surface area contributed by atoms with E-state index in [1.807, 2.05) is 13.0 Å². The zero-order valence-electron chi connectivity index (χ0n) is 8.21. The summed E-state index contributed by atoms with van der Waals surface area (Å²) < 4.78 is 0.908. The van der Waals surface area contributed by atoms with Gasteiger partial charge in [0.15, 0.2) is 0 Å². The Labute approximate surface area is 102 Å². The Morgan fingerprint density at radius 1 is 1.60 bits per heavy atom. The van der Waals surface area contributed by atoms with Crippen LogP contribution < -0.4 is 11.1 Å². The molecule has 1 aromatic carbocycles. The lowest BCUT2D eigenvalue weighted by atomic mass is 10.1. The van der Waals surface area contributed by atoms with Crippen LogP contribution in [-0.2, 0) is 0 Å². The number of halogens is 1. The molecule has 3 N–H and O–H groups in total. The summed E-state index contributed by atoms with van der Waals surface area (Å²) in [5, 5.41) is 2.62. The number of nitrogens with one attached hydrogen (secondary N) is 1. The SMILES string of the molecule is Cc1ccc(C(=O)NCC(N)=S)cc1Br. The molecule has 5 heteroatoms. The molecule has 0 radical (unpaired) electrons. The third-order valence-electron chi connectivity index (χ3n) is 1.86. The summed E-state index contributed by atoms with van der Waals surface area (Å²) in [6.07, 6.45) is 0. The minimum absolute atomic E-state index is 0.177. The summed E-state index contributed by atoms with van der Waals surface area (Å²) in [4.78, 5) is 11.8. The van der Waals surface area contributed by atoms with E-state index in [1.165, 1.54) is 0 Å². The number of benzene rings is 1. The molecule has 80 valence electrons. The smallest absolute Gasteiger partial charge is 0.251 e. The van der Waals surface area contributed by atoms with Gasteiger partial charge >= 0.3 is 0 Å². The number of rotatable bonds is 3. The average molecular weight is 287 g/mol. The van der Waals surface area contributed by atoms with E-state index in [9.17, 15) is 4.79 Å². The molecular weight excluding hydrogens is 276 g/mol. The van der Waals surface area contributed by atoms with Gasteiger partial charge in [0.2, 0.25) is 0 Å². The maximum absolute atomic E-state index is 11.6. The second-order valence-electron chi connectivity index (χ2n) is 3.11. The van der Waals surface area contributed by atoms with Gasteiger partial charge in [-0.25, -0.2) is 0 Å². The van der Waals surface area contributed by atoms with E-state index in [0.29, 0.717) is 5.56 Å². The number of nitrogens with two attached hydrogens (primary N) is 1. The van der Waals surface area contributed by atoms with Crippen molar-refractivity contribution in [3.63, 3.8) is 0 Å². The topological polar surface area (TPSA) is 55.1 Å². The van der Waals surface area contributed by atoms with Crippen LogP contribution in [0.15, 0.2) is 22.7 Å². The van der Waals surface area contributed by atoms with Crippen LogP contribution in [-0.4, -0.2) is 17.4 Å². The number of aryl methyl sites for hydroxylation is 1. The lowest BCUT2D eigenvalue weighted by Gasteiger charge is -2.05. The fourth-order valence-electron chi connectivity index (χ4n) is 1.00. The zero-order valence-corrected chi connectivity index (χ0v) is 10.6. The molecule has 0 bridgehead atoms. The Balaban J connectivity index is 2.74. The van der Waals surface area contributed by atoms with E-state index in [0.717, 1.165) is 10.0 Å². The van der Waals surface area contributed by atoms with E-state index in [1.54, 1.807) is 12.1 Å². The van der Waals surface area contributed by atoms with Gasteiger partial charge in [-0.1, -0.05) is 34.2 Å². The van der Waals surface area contributed by atoms with Crippen molar-refractivity contribution in [1.82, 2.24) is 5.32 Å². The van der Waals surface area contributed by atoms with Crippen molar-refractivity contribution in [2.75, 3.05) is 6.54 Å². The van der Waals surface area contributed by atoms with Gasteiger partial charge in [-0.05, 0) is 24.6 Å². The van der Waals surface area contributed by atoms with Crippen molar-refractivity contribution in [2.24, 2.45) is 5.73 Å². The lowest BCUT2D eigenvalue weighted by molar-refractivity contribution is 0.0959. The molecule has 0 aromatic heterocycles. The molecule has 0 heterocycles. The first-order valence-electron chi connectivity index (χ1n) is 4.33. The van der Waals surface area contributed by atoms with Gasteiger partial charge in [-0.2, -0.15) is 0 Å². The maximum Gasteiger partial charge on any atom is 0.251 e. The van der Waals surface area contributed by atoms with Gasteiger partial charge in [-0.15, -0.1) is 0 Å². The number of amides is 1. The van der Waals surface area contributed by atoms with E-state index < -0.39 is 0 Å². The normalized spacial score (nSPS) is 9.73. The first-order chi connectivity index (χ1) is 7.00. The number of carbonyl (C=O) groups is 1. The largest absolute Gasteiger partial charge is 0.392 e. The van der Waals surface area contributed by atoms with Crippen LogP contribution in [0.3, 0.4) is 0 Å². The minimum Gasteiger partial charge on any atom is -0.392 e. The summed E-state index contributed by atoms with van der Waals surface area (Å²) in [6.45, 7) is 2.18. The average Bonchev–Trinajstić information content (AvgIpc) is 2.18. The quantitative estimate of drug-likeness (QED) is 0.833. The van der Waals surface area contributed by atoms with Gasteiger partial charge < -0.3 is 11.1 Å². The van der Waals surface area contributed by atoms with Crippen LogP contribution in [0.2, 0.25) is 0 Å². The third-order valence-corrected chi connectivity index (χ3v) is 2.86. The summed E-state index contributed by atoms with van der Waals surface area (Å²) >= 11 is 8.03. The van der Waals surface area contributed by atoms with Crippen LogP contribution >= 0.6 is 28.1 Å². The molecule has 0 unspecified atom stereocenters. The van der Waals surface area contributed by atoms with Crippen molar-refractivity contribution < 1.29 is 4.79 Å². The van der Waals surface area contributed by atoms with Gasteiger partial charge in [-0.3, -0.25) is 4.79 Å². The third kappa shape index (κ3) is 3.60. The molecule has 0 saturated heterocycles. The molecule has 1 rings (SSSR count). The highest BCUT2D eigenvalue weighted by molar-refractivity contribution is 9.10. The minimum atomic E-state index is -0.177. The first-order valence-corrected chi connectivity index (χ1v) is 5.53. The van der Waals surface area contributed by atoms with E-state index in [-0.39, 0.29) is 17.4 Å². The molecule has 0 spiro atoms.